The summed E-state index contributed by atoms with van der Waals surface area (Å²) >= 11 is 3.42. The van der Waals surface area contributed by atoms with Crippen molar-refractivity contribution in [3.8, 4) is 0 Å². The van der Waals surface area contributed by atoms with Crippen LogP contribution in [0.3, 0.4) is 0 Å². The monoisotopic (exact) mass is 390 g/mol. The van der Waals surface area contributed by atoms with E-state index in [0.29, 0.717) is 17.6 Å². The molecule has 5 nitrogen and oxygen atoms in total. The molecule has 2 rings (SSSR count). The first-order chi connectivity index (χ1) is 11.3. The van der Waals surface area contributed by atoms with Gasteiger partial charge in [0.05, 0.1) is 0 Å². The number of aromatic nitrogens is 2. The fraction of sp³-hybridized carbons (Fsp3) is 0.389. The number of rotatable bonds is 6. The van der Waals surface area contributed by atoms with Crippen LogP contribution >= 0.6 is 15.9 Å². The minimum Gasteiger partial charge on any atom is -0.354 e. The quantitative estimate of drug-likeness (QED) is 0.757. The summed E-state index contributed by atoms with van der Waals surface area (Å²) in [7, 11) is 0. The third-order valence-electron chi connectivity index (χ3n) is 3.53. The van der Waals surface area contributed by atoms with Gasteiger partial charge in [0.15, 0.2) is 0 Å². The molecule has 0 aliphatic carbocycles. The molecule has 0 saturated carbocycles. The van der Waals surface area contributed by atoms with E-state index in [1.165, 1.54) is 0 Å². The molecule has 0 aliphatic rings. The lowest BCUT2D eigenvalue weighted by Crippen LogP contribution is -2.17. The summed E-state index contributed by atoms with van der Waals surface area (Å²) in [4.78, 5) is 21.2. The van der Waals surface area contributed by atoms with Gasteiger partial charge in [-0.2, -0.15) is 0 Å². The summed E-state index contributed by atoms with van der Waals surface area (Å²) in [5, 5.41) is 6.09. The Labute approximate surface area is 151 Å². The highest BCUT2D eigenvalue weighted by Gasteiger charge is 2.12. The van der Waals surface area contributed by atoms with Crippen LogP contribution in [-0.4, -0.2) is 22.4 Å². The molecular weight excluding hydrogens is 368 g/mol. The summed E-state index contributed by atoms with van der Waals surface area (Å²) in [5.74, 6) is 0.858. The van der Waals surface area contributed by atoms with Gasteiger partial charge in [-0.05, 0) is 56.0 Å². The van der Waals surface area contributed by atoms with E-state index < -0.39 is 0 Å². The summed E-state index contributed by atoms with van der Waals surface area (Å²) < 4.78 is 0.979. The lowest BCUT2D eigenvalue weighted by atomic mass is 10.1. The fourth-order valence-corrected chi connectivity index (χ4v) is 2.67. The van der Waals surface area contributed by atoms with Crippen molar-refractivity contribution in [3.05, 3.63) is 45.7 Å². The number of nitrogens with one attached hydrogen (secondary N) is 2. The van der Waals surface area contributed by atoms with Gasteiger partial charge in [-0.1, -0.05) is 29.8 Å². The zero-order valence-electron chi connectivity index (χ0n) is 14.5. The van der Waals surface area contributed by atoms with Crippen LogP contribution in [0.25, 0.3) is 0 Å². The van der Waals surface area contributed by atoms with Crippen LogP contribution in [-0.2, 0) is 0 Å². The van der Waals surface area contributed by atoms with Crippen LogP contribution in [0, 0.1) is 19.8 Å². The van der Waals surface area contributed by atoms with E-state index in [9.17, 15) is 4.79 Å². The van der Waals surface area contributed by atoms with Crippen molar-refractivity contribution in [1.29, 1.82) is 0 Å². The smallest absolute Gasteiger partial charge is 0.274 e. The summed E-state index contributed by atoms with van der Waals surface area (Å²) in [6.45, 7) is 8.92. The second-order valence-electron chi connectivity index (χ2n) is 6.24. The number of carbonyl (C=O) groups is 1. The summed E-state index contributed by atoms with van der Waals surface area (Å²) in [6.07, 6.45) is 1.02. The molecule has 0 unspecified atom stereocenters. The molecule has 2 aromatic rings. The molecule has 0 bridgehead atoms. The SMILES string of the molecule is Cc1cc(C(=O)Nc2ccc(Br)cc2C)nc(NCCC(C)C)n1. The van der Waals surface area contributed by atoms with Gasteiger partial charge >= 0.3 is 0 Å². The lowest BCUT2D eigenvalue weighted by molar-refractivity contribution is 0.102. The fourth-order valence-electron chi connectivity index (χ4n) is 2.19. The summed E-state index contributed by atoms with van der Waals surface area (Å²) in [6, 6.07) is 7.41. The molecule has 0 radical (unpaired) electrons. The molecule has 0 aliphatic heterocycles. The Morgan fingerprint density at radius 3 is 2.62 bits per heavy atom. The predicted octanol–water partition coefficient (Wildman–Crippen LogP) is 4.57. The van der Waals surface area contributed by atoms with Crippen molar-refractivity contribution >= 4 is 33.5 Å². The topological polar surface area (TPSA) is 66.9 Å². The van der Waals surface area contributed by atoms with Gasteiger partial charge in [-0.3, -0.25) is 4.79 Å². The van der Waals surface area contributed by atoms with Crippen molar-refractivity contribution < 1.29 is 4.79 Å². The van der Waals surface area contributed by atoms with E-state index in [1.807, 2.05) is 32.0 Å². The second-order valence-corrected chi connectivity index (χ2v) is 7.16. The Morgan fingerprint density at radius 2 is 1.96 bits per heavy atom. The number of amides is 1. The Bertz CT molecular complexity index is 731. The van der Waals surface area contributed by atoms with Crippen LogP contribution in [0.15, 0.2) is 28.7 Å². The standard InChI is InChI=1S/C18H23BrN4O/c1-11(2)7-8-20-18-21-13(4)10-16(23-18)17(24)22-15-6-5-14(19)9-12(15)3/h5-6,9-11H,7-8H2,1-4H3,(H,22,24)(H,20,21,23). The molecule has 1 aromatic carbocycles. The number of hydrogen-bond acceptors (Lipinski definition) is 4. The van der Waals surface area contributed by atoms with Crippen molar-refractivity contribution in [3.63, 3.8) is 0 Å². The van der Waals surface area contributed by atoms with Crippen molar-refractivity contribution in [1.82, 2.24) is 9.97 Å². The van der Waals surface area contributed by atoms with Gasteiger partial charge in [0.25, 0.3) is 5.91 Å². The molecule has 0 spiro atoms. The maximum atomic E-state index is 12.5. The first-order valence-electron chi connectivity index (χ1n) is 8.02. The van der Waals surface area contributed by atoms with Gasteiger partial charge in [0.2, 0.25) is 5.95 Å². The van der Waals surface area contributed by atoms with E-state index in [1.54, 1.807) is 6.07 Å². The number of aryl methyl sites for hydroxylation is 2. The van der Waals surface area contributed by atoms with Gasteiger partial charge < -0.3 is 10.6 Å². The molecular formula is C18H23BrN4O. The zero-order valence-corrected chi connectivity index (χ0v) is 16.1. The van der Waals surface area contributed by atoms with Gasteiger partial charge in [0.1, 0.15) is 5.69 Å². The molecule has 24 heavy (non-hydrogen) atoms. The Morgan fingerprint density at radius 1 is 1.21 bits per heavy atom. The molecule has 1 heterocycles. The molecule has 128 valence electrons. The first-order valence-corrected chi connectivity index (χ1v) is 8.81. The molecule has 2 N–H and O–H groups in total. The highest BCUT2D eigenvalue weighted by molar-refractivity contribution is 9.10. The number of carbonyl (C=O) groups excluding carboxylic acids is 1. The number of benzene rings is 1. The third kappa shape index (κ3) is 5.30. The molecule has 1 amide bonds. The van der Waals surface area contributed by atoms with E-state index in [-0.39, 0.29) is 5.91 Å². The van der Waals surface area contributed by atoms with Crippen molar-refractivity contribution in [2.24, 2.45) is 5.92 Å². The van der Waals surface area contributed by atoms with E-state index >= 15 is 0 Å². The van der Waals surface area contributed by atoms with Gasteiger partial charge in [0, 0.05) is 22.4 Å². The third-order valence-corrected chi connectivity index (χ3v) is 4.02. The average Bonchev–Trinajstić information content (AvgIpc) is 2.49. The first kappa shape index (κ1) is 18.4. The number of halogens is 1. The van der Waals surface area contributed by atoms with Crippen molar-refractivity contribution in [2.45, 2.75) is 34.1 Å². The number of anilines is 2. The van der Waals surface area contributed by atoms with Crippen LogP contribution in [0.4, 0.5) is 11.6 Å². The van der Waals surface area contributed by atoms with Crippen LogP contribution in [0.2, 0.25) is 0 Å². The normalized spacial score (nSPS) is 10.8. The minimum absolute atomic E-state index is 0.238. The van der Waals surface area contributed by atoms with E-state index in [0.717, 1.165) is 34.4 Å². The number of nitrogens with zero attached hydrogens (tertiary/aromatic N) is 2. The van der Waals surface area contributed by atoms with E-state index in [4.69, 9.17) is 0 Å². The number of hydrogen-bond donors (Lipinski definition) is 2. The average molecular weight is 391 g/mol. The molecule has 0 atom stereocenters. The maximum absolute atomic E-state index is 12.5. The maximum Gasteiger partial charge on any atom is 0.274 e. The van der Waals surface area contributed by atoms with Crippen LogP contribution in [0.5, 0.6) is 0 Å². The Balaban J connectivity index is 2.12. The van der Waals surface area contributed by atoms with Gasteiger partial charge in [-0.25, -0.2) is 9.97 Å². The van der Waals surface area contributed by atoms with Crippen molar-refractivity contribution in [2.75, 3.05) is 17.2 Å². The molecule has 1 aromatic heterocycles. The largest absolute Gasteiger partial charge is 0.354 e. The lowest BCUT2D eigenvalue weighted by Gasteiger charge is -2.11. The highest BCUT2D eigenvalue weighted by atomic mass is 79.9. The summed E-state index contributed by atoms with van der Waals surface area (Å²) in [5.41, 5.74) is 2.87. The molecule has 0 fully saturated rings. The highest BCUT2D eigenvalue weighted by Crippen LogP contribution is 2.20. The predicted molar refractivity (Wildman–Crippen MR) is 102 cm³/mol. The van der Waals surface area contributed by atoms with Gasteiger partial charge in [-0.15, -0.1) is 0 Å². The van der Waals surface area contributed by atoms with Crippen LogP contribution < -0.4 is 10.6 Å². The van der Waals surface area contributed by atoms with E-state index in [2.05, 4.69) is 50.4 Å². The Kier molecular flexibility index (Phi) is 6.31. The zero-order chi connectivity index (χ0) is 17.7. The second kappa shape index (κ2) is 8.24. The molecule has 6 heteroatoms. The minimum atomic E-state index is -0.238. The Hall–Kier alpha value is -1.95. The molecule has 0 saturated heterocycles. The van der Waals surface area contributed by atoms with Crippen LogP contribution in [0.1, 0.15) is 42.0 Å².